The fraction of sp³-hybridized carbons (Fsp3) is 0.316. The van der Waals surface area contributed by atoms with Crippen molar-refractivity contribution in [2.75, 3.05) is 20.1 Å². The predicted molar refractivity (Wildman–Crippen MR) is 97.0 cm³/mol. The molecule has 132 valence electrons. The van der Waals surface area contributed by atoms with Crippen LogP contribution in [-0.2, 0) is 10.0 Å². The van der Waals surface area contributed by atoms with Gasteiger partial charge in [-0.05, 0) is 49.6 Å². The summed E-state index contributed by atoms with van der Waals surface area (Å²) in [5.74, 6) is 0.362. The highest BCUT2D eigenvalue weighted by Crippen LogP contribution is 2.28. The van der Waals surface area contributed by atoms with Crippen molar-refractivity contribution < 1.29 is 13.2 Å². The van der Waals surface area contributed by atoms with Gasteiger partial charge < -0.3 is 4.90 Å². The van der Waals surface area contributed by atoms with Crippen LogP contribution in [0.15, 0.2) is 59.5 Å². The third kappa shape index (κ3) is 3.91. The van der Waals surface area contributed by atoms with E-state index < -0.39 is 10.0 Å². The highest BCUT2D eigenvalue weighted by Gasteiger charge is 2.25. The number of carbonyl (C=O) groups is 1. The molecule has 3 rings (SSSR count). The van der Waals surface area contributed by atoms with Gasteiger partial charge in [-0.1, -0.05) is 36.4 Å². The first-order valence-electron chi connectivity index (χ1n) is 8.39. The van der Waals surface area contributed by atoms with Crippen molar-refractivity contribution in [2.45, 2.75) is 23.7 Å². The molecule has 0 unspecified atom stereocenters. The summed E-state index contributed by atoms with van der Waals surface area (Å²) in [4.78, 5) is 14.6. The first-order chi connectivity index (χ1) is 12.0. The van der Waals surface area contributed by atoms with Crippen LogP contribution in [0, 0.1) is 0 Å². The number of amides is 1. The second kappa shape index (κ2) is 7.37. The smallest absolute Gasteiger partial charge is 0.253 e. The number of sulfonamides is 1. The third-order valence-corrected chi connectivity index (χ3v) is 6.13. The minimum Gasteiger partial charge on any atom is -0.339 e. The Hall–Kier alpha value is -2.18. The average molecular weight is 358 g/mol. The van der Waals surface area contributed by atoms with Gasteiger partial charge >= 0.3 is 0 Å². The quantitative estimate of drug-likeness (QED) is 0.914. The highest BCUT2D eigenvalue weighted by molar-refractivity contribution is 7.89. The van der Waals surface area contributed by atoms with Gasteiger partial charge in [0.1, 0.15) is 0 Å². The van der Waals surface area contributed by atoms with Crippen LogP contribution in [0.4, 0.5) is 0 Å². The standard InChI is InChI=1S/C19H22N2O3S/c1-20-25(23,24)18-9-5-8-17(14-18)19(22)21-12-10-16(11-13-21)15-6-3-2-4-7-15/h2-9,14,16,20H,10-13H2,1H3. The van der Waals surface area contributed by atoms with Gasteiger partial charge in [0.15, 0.2) is 0 Å². The van der Waals surface area contributed by atoms with Crippen LogP contribution in [0.2, 0.25) is 0 Å². The molecule has 0 bridgehead atoms. The van der Waals surface area contributed by atoms with Crippen LogP contribution < -0.4 is 4.72 Å². The Labute approximate surface area is 148 Å². The Bertz CT molecular complexity index is 842. The van der Waals surface area contributed by atoms with E-state index in [2.05, 4.69) is 16.9 Å². The van der Waals surface area contributed by atoms with Crippen LogP contribution in [0.3, 0.4) is 0 Å². The van der Waals surface area contributed by atoms with Gasteiger partial charge in [-0.15, -0.1) is 0 Å². The van der Waals surface area contributed by atoms with Crippen LogP contribution in [0.5, 0.6) is 0 Å². The summed E-state index contributed by atoms with van der Waals surface area (Å²) >= 11 is 0. The van der Waals surface area contributed by atoms with Crippen molar-refractivity contribution in [1.29, 1.82) is 0 Å². The molecule has 0 aliphatic carbocycles. The number of nitrogens with zero attached hydrogens (tertiary/aromatic N) is 1. The lowest BCUT2D eigenvalue weighted by Gasteiger charge is -2.32. The fourth-order valence-electron chi connectivity index (χ4n) is 3.24. The molecule has 0 saturated carbocycles. The van der Waals surface area contributed by atoms with Crippen LogP contribution in [-0.4, -0.2) is 39.4 Å². The van der Waals surface area contributed by atoms with E-state index in [4.69, 9.17) is 0 Å². The lowest BCUT2D eigenvalue weighted by Crippen LogP contribution is -2.38. The van der Waals surface area contributed by atoms with E-state index in [0.717, 1.165) is 12.8 Å². The largest absolute Gasteiger partial charge is 0.339 e. The van der Waals surface area contributed by atoms with Crippen molar-refractivity contribution in [3.8, 4) is 0 Å². The zero-order valence-electron chi connectivity index (χ0n) is 14.2. The van der Waals surface area contributed by atoms with Crippen LogP contribution in [0.25, 0.3) is 0 Å². The Morgan fingerprint density at radius 2 is 1.72 bits per heavy atom. The van der Waals surface area contributed by atoms with E-state index >= 15 is 0 Å². The fourth-order valence-corrected chi connectivity index (χ4v) is 4.01. The molecule has 0 radical (unpaired) electrons. The van der Waals surface area contributed by atoms with Crippen molar-refractivity contribution in [3.63, 3.8) is 0 Å². The number of piperidine rings is 1. The summed E-state index contributed by atoms with van der Waals surface area (Å²) in [5, 5.41) is 0. The first kappa shape index (κ1) is 17.6. The summed E-state index contributed by atoms with van der Waals surface area (Å²) in [7, 11) is -2.19. The van der Waals surface area contributed by atoms with Crippen molar-refractivity contribution in [1.82, 2.24) is 9.62 Å². The van der Waals surface area contributed by atoms with E-state index in [1.54, 1.807) is 12.1 Å². The molecule has 0 spiro atoms. The lowest BCUT2D eigenvalue weighted by atomic mass is 9.89. The Morgan fingerprint density at radius 1 is 1.04 bits per heavy atom. The number of carbonyl (C=O) groups excluding carboxylic acids is 1. The van der Waals surface area contributed by atoms with Crippen molar-refractivity contribution >= 4 is 15.9 Å². The lowest BCUT2D eigenvalue weighted by molar-refractivity contribution is 0.0712. The van der Waals surface area contributed by atoms with Gasteiger partial charge in [-0.2, -0.15) is 0 Å². The normalized spacial score (nSPS) is 16.0. The summed E-state index contributed by atoms with van der Waals surface area (Å²) in [6.07, 6.45) is 1.84. The summed E-state index contributed by atoms with van der Waals surface area (Å²) in [6, 6.07) is 16.6. The maximum Gasteiger partial charge on any atom is 0.253 e. The number of nitrogens with one attached hydrogen (secondary N) is 1. The molecular weight excluding hydrogens is 336 g/mol. The van der Waals surface area contributed by atoms with Gasteiger partial charge in [-0.25, -0.2) is 13.1 Å². The van der Waals surface area contributed by atoms with Crippen molar-refractivity contribution in [3.05, 3.63) is 65.7 Å². The van der Waals surface area contributed by atoms with Gasteiger partial charge in [0.25, 0.3) is 5.91 Å². The van der Waals surface area contributed by atoms with Gasteiger partial charge in [0.05, 0.1) is 4.90 Å². The molecule has 2 aromatic carbocycles. The zero-order valence-corrected chi connectivity index (χ0v) is 15.0. The van der Waals surface area contributed by atoms with Gasteiger partial charge in [-0.3, -0.25) is 4.79 Å². The molecule has 1 amide bonds. The number of likely N-dealkylation sites (tertiary alicyclic amines) is 1. The molecule has 25 heavy (non-hydrogen) atoms. The summed E-state index contributed by atoms with van der Waals surface area (Å²) in [6.45, 7) is 1.36. The minimum atomic E-state index is -3.55. The van der Waals surface area contributed by atoms with Crippen molar-refractivity contribution in [2.24, 2.45) is 0 Å². The second-order valence-corrected chi connectivity index (χ2v) is 8.10. The molecule has 1 fully saturated rings. The number of hydrogen-bond donors (Lipinski definition) is 1. The Morgan fingerprint density at radius 3 is 2.36 bits per heavy atom. The number of benzene rings is 2. The van der Waals surface area contributed by atoms with E-state index in [0.29, 0.717) is 24.6 Å². The molecular formula is C19H22N2O3S. The molecule has 1 saturated heterocycles. The van der Waals surface area contributed by atoms with Gasteiger partial charge in [0, 0.05) is 18.7 Å². The molecule has 5 nitrogen and oxygen atoms in total. The number of hydrogen-bond acceptors (Lipinski definition) is 3. The maximum absolute atomic E-state index is 12.7. The predicted octanol–water partition coefficient (Wildman–Crippen LogP) is 2.61. The third-order valence-electron chi connectivity index (χ3n) is 4.71. The van der Waals surface area contributed by atoms with E-state index in [1.807, 2.05) is 23.1 Å². The average Bonchev–Trinajstić information content (AvgIpc) is 2.68. The Balaban J connectivity index is 1.70. The number of rotatable bonds is 4. The SMILES string of the molecule is CNS(=O)(=O)c1cccc(C(=O)N2CCC(c3ccccc3)CC2)c1. The molecule has 1 heterocycles. The van der Waals surface area contributed by atoms with E-state index in [1.165, 1.54) is 24.7 Å². The summed E-state index contributed by atoms with van der Waals surface area (Å²) < 4.78 is 26.1. The maximum atomic E-state index is 12.7. The van der Waals surface area contributed by atoms with Crippen LogP contribution in [0.1, 0.15) is 34.7 Å². The zero-order chi connectivity index (χ0) is 17.9. The second-order valence-electron chi connectivity index (χ2n) is 6.21. The molecule has 1 aliphatic heterocycles. The molecule has 0 atom stereocenters. The van der Waals surface area contributed by atoms with E-state index in [-0.39, 0.29) is 10.8 Å². The highest BCUT2D eigenvalue weighted by atomic mass is 32.2. The monoisotopic (exact) mass is 358 g/mol. The molecule has 1 N–H and O–H groups in total. The van der Waals surface area contributed by atoms with Crippen LogP contribution >= 0.6 is 0 Å². The Kier molecular flexibility index (Phi) is 5.20. The summed E-state index contributed by atoms with van der Waals surface area (Å²) in [5.41, 5.74) is 1.73. The topological polar surface area (TPSA) is 66.5 Å². The molecule has 2 aromatic rings. The first-order valence-corrected chi connectivity index (χ1v) is 9.87. The molecule has 1 aliphatic rings. The minimum absolute atomic E-state index is 0.111. The van der Waals surface area contributed by atoms with Gasteiger partial charge in [0.2, 0.25) is 10.0 Å². The van der Waals surface area contributed by atoms with E-state index in [9.17, 15) is 13.2 Å². The molecule has 6 heteroatoms. The molecule has 0 aromatic heterocycles.